The predicted molar refractivity (Wildman–Crippen MR) is 75.2 cm³/mol. The molecule has 1 aliphatic rings. The second-order valence-electron chi connectivity index (χ2n) is 5.04. The van der Waals surface area contributed by atoms with Gasteiger partial charge in [0.25, 0.3) is 5.91 Å². The number of carbonyl (C=O) groups excluding carboxylic acids is 2. The number of thiophene rings is 1. The van der Waals surface area contributed by atoms with Crippen LogP contribution in [0.3, 0.4) is 0 Å². The van der Waals surface area contributed by atoms with Crippen LogP contribution in [0.2, 0.25) is 0 Å². The van der Waals surface area contributed by atoms with Crippen LogP contribution < -0.4 is 5.32 Å². The van der Waals surface area contributed by atoms with Crippen molar-refractivity contribution in [1.82, 2.24) is 10.2 Å². The highest BCUT2D eigenvalue weighted by Crippen LogP contribution is 2.24. The van der Waals surface area contributed by atoms with Crippen LogP contribution in [0.4, 0.5) is 0 Å². The molecule has 2 rings (SSSR count). The molecule has 0 spiro atoms. The van der Waals surface area contributed by atoms with Crippen LogP contribution in [0.15, 0.2) is 17.5 Å². The Kier molecular flexibility index (Phi) is 4.59. The van der Waals surface area contributed by atoms with Crippen molar-refractivity contribution in [3.63, 3.8) is 0 Å². The van der Waals surface area contributed by atoms with Gasteiger partial charge in [-0.2, -0.15) is 0 Å². The van der Waals surface area contributed by atoms with Crippen LogP contribution in [0.1, 0.15) is 16.6 Å². The Morgan fingerprint density at radius 1 is 1.48 bits per heavy atom. The number of hydrogen-bond donors (Lipinski definition) is 2. The van der Waals surface area contributed by atoms with Crippen LogP contribution in [0.5, 0.6) is 0 Å². The van der Waals surface area contributed by atoms with Crippen molar-refractivity contribution in [2.45, 2.75) is 12.5 Å². The summed E-state index contributed by atoms with van der Waals surface area (Å²) in [6.45, 7) is 1.95. The minimum Gasteiger partial charge on any atom is -0.480 e. The molecule has 1 aliphatic heterocycles. The molecule has 0 saturated carbocycles. The third kappa shape index (κ3) is 4.02. The lowest BCUT2D eigenvalue weighted by molar-refractivity contribution is -0.172. The molecule has 1 aromatic rings. The highest BCUT2D eigenvalue weighted by atomic mass is 32.1. The molecule has 0 bridgehead atoms. The van der Waals surface area contributed by atoms with E-state index in [1.165, 1.54) is 16.2 Å². The third-order valence-electron chi connectivity index (χ3n) is 3.09. The number of carbonyl (C=O) groups is 3. The number of carboxylic acids is 1. The maximum absolute atomic E-state index is 11.9. The third-order valence-corrected chi connectivity index (χ3v) is 3.96. The second-order valence-corrected chi connectivity index (χ2v) is 5.99. The van der Waals surface area contributed by atoms with E-state index in [1.54, 1.807) is 24.4 Å². The summed E-state index contributed by atoms with van der Waals surface area (Å²) < 4.78 is 5.21. The first-order chi connectivity index (χ1) is 9.89. The van der Waals surface area contributed by atoms with Gasteiger partial charge in [-0.1, -0.05) is 6.07 Å². The second kappa shape index (κ2) is 6.23. The first kappa shape index (κ1) is 15.5. The Labute approximate surface area is 125 Å². The van der Waals surface area contributed by atoms with Crippen LogP contribution in [0, 0.1) is 0 Å². The first-order valence-electron chi connectivity index (χ1n) is 6.35. The number of amides is 2. The maximum Gasteiger partial charge on any atom is 0.329 e. The molecule has 8 heteroatoms. The number of ether oxygens (including phenoxy) is 1. The highest BCUT2D eigenvalue weighted by Gasteiger charge is 2.42. The molecule has 2 N–H and O–H groups in total. The van der Waals surface area contributed by atoms with Crippen molar-refractivity contribution < 1.29 is 24.2 Å². The fourth-order valence-electron chi connectivity index (χ4n) is 2.03. The van der Waals surface area contributed by atoms with Crippen LogP contribution in [-0.2, 0) is 14.3 Å². The van der Waals surface area contributed by atoms with Crippen molar-refractivity contribution in [2.24, 2.45) is 0 Å². The van der Waals surface area contributed by atoms with Gasteiger partial charge >= 0.3 is 5.97 Å². The lowest BCUT2D eigenvalue weighted by atomic mass is 9.96. The van der Waals surface area contributed by atoms with E-state index in [-0.39, 0.29) is 25.0 Å². The topological polar surface area (TPSA) is 95.9 Å². The molecule has 1 saturated heterocycles. The van der Waals surface area contributed by atoms with Crippen molar-refractivity contribution in [3.05, 3.63) is 22.4 Å². The van der Waals surface area contributed by atoms with Crippen molar-refractivity contribution in [3.8, 4) is 0 Å². The lowest BCUT2D eigenvalue weighted by Gasteiger charge is -2.47. The summed E-state index contributed by atoms with van der Waals surface area (Å²) >= 11 is 1.31. The summed E-state index contributed by atoms with van der Waals surface area (Å²) in [5.74, 6) is -1.52. The quantitative estimate of drug-likeness (QED) is 0.781. The van der Waals surface area contributed by atoms with Gasteiger partial charge in [0.2, 0.25) is 5.91 Å². The molecule has 2 heterocycles. The average Bonchev–Trinajstić information content (AvgIpc) is 2.93. The number of nitrogens with one attached hydrogen (secondary N) is 1. The molecule has 0 aliphatic carbocycles. The SMILES string of the molecule is CC1(OCC(=O)O)CN(C(=O)CNC(=O)c2cccs2)C1. The molecule has 114 valence electrons. The Balaban J connectivity index is 1.71. The van der Waals surface area contributed by atoms with E-state index in [0.717, 1.165) is 0 Å². The average molecular weight is 312 g/mol. The number of nitrogens with zero attached hydrogens (tertiary/aromatic N) is 1. The largest absolute Gasteiger partial charge is 0.480 e. The van der Waals surface area contributed by atoms with Gasteiger partial charge in [-0.05, 0) is 18.4 Å². The van der Waals surface area contributed by atoms with Crippen molar-refractivity contribution in [1.29, 1.82) is 0 Å². The van der Waals surface area contributed by atoms with Crippen LogP contribution in [0.25, 0.3) is 0 Å². The van der Waals surface area contributed by atoms with Crippen LogP contribution in [-0.4, -0.2) is 59.6 Å². The van der Waals surface area contributed by atoms with Gasteiger partial charge in [0.1, 0.15) is 12.2 Å². The van der Waals surface area contributed by atoms with Gasteiger partial charge in [0.05, 0.1) is 24.5 Å². The van der Waals surface area contributed by atoms with Crippen LogP contribution >= 0.6 is 11.3 Å². The van der Waals surface area contributed by atoms with Crippen molar-refractivity contribution in [2.75, 3.05) is 26.2 Å². The zero-order valence-corrected chi connectivity index (χ0v) is 12.3. The van der Waals surface area contributed by atoms with E-state index >= 15 is 0 Å². The number of aliphatic carboxylic acids is 1. The fourth-order valence-corrected chi connectivity index (χ4v) is 2.67. The molecule has 1 fully saturated rings. The number of likely N-dealkylation sites (tertiary alicyclic amines) is 1. The Bertz CT molecular complexity index is 537. The summed E-state index contributed by atoms with van der Waals surface area (Å²) in [6.07, 6.45) is 0. The van der Waals surface area contributed by atoms with E-state index < -0.39 is 11.6 Å². The van der Waals surface area contributed by atoms with Gasteiger partial charge in [0.15, 0.2) is 0 Å². The number of carboxylic acid groups (broad SMARTS) is 1. The number of rotatable bonds is 6. The summed E-state index contributed by atoms with van der Waals surface area (Å²) in [5.41, 5.74) is -0.619. The lowest BCUT2D eigenvalue weighted by Crippen LogP contribution is -2.64. The Morgan fingerprint density at radius 2 is 2.19 bits per heavy atom. The zero-order valence-electron chi connectivity index (χ0n) is 11.5. The minimum atomic E-state index is -1.04. The zero-order chi connectivity index (χ0) is 15.5. The maximum atomic E-state index is 11.9. The molecule has 0 atom stereocenters. The molecular weight excluding hydrogens is 296 g/mol. The van der Waals surface area contributed by atoms with E-state index in [2.05, 4.69) is 5.32 Å². The molecule has 0 aromatic carbocycles. The molecule has 21 heavy (non-hydrogen) atoms. The van der Waals surface area contributed by atoms with Crippen molar-refractivity contribution >= 4 is 29.1 Å². The van der Waals surface area contributed by atoms with Gasteiger partial charge in [-0.15, -0.1) is 11.3 Å². The van der Waals surface area contributed by atoms with Gasteiger partial charge in [-0.3, -0.25) is 9.59 Å². The normalized spacial score (nSPS) is 16.1. The standard InChI is InChI=1S/C13H16N2O5S/c1-13(20-6-11(17)18)7-15(8-13)10(16)5-14-12(19)9-3-2-4-21-9/h2-4H,5-8H2,1H3,(H,14,19)(H,17,18). The fraction of sp³-hybridized carbons (Fsp3) is 0.462. The molecule has 0 radical (unpaired) electrons. The summed E-state index contributed by atoms with van der Waals surface area (Å²) in [7, 11) is 0. The van der Waals surface area contributed by atoms with Gasteiger partial charge in [0, 0.05) is 0 Å². The molecule has 0 unspecified atom stereocenters. The predicted octanol–water partition coefficient (Wildman–Crippen LogP) is 0.180. The highest BCUT2D eigenvalue weighted by molar-refractivity contribution is 7.12. The summed E-state index contributed by atoms with van der Waals surface area (Å²) in [6, 6.07) is 3.45. The monoisotopic (exact) mass is 312 g/mol. The Morgan fingerprint density at radius 3 is 2.76 bits per heavy atom. The van der Waals surface area contributed by atoms with E-state index in [9.17, 15) is 14.4 Å². The van der Waals surface area contributed by atoms with E-state index in [0.29, 0.717) is 18.0 Å². The Hall–Kier alpha value is -1.93. The summed E-state index contributed by atoms with van der Waals surface area (Å²) in [4.78, 5) is 36.1. The van der Waals surface area contributed by atoms with E-state index in [4.69, 9.17) is 9.84 Å². The molecule has 2 amide bonds. The number of hydrogen-bond acceptors (Lipinski definition) is 5. The van der Waals surface area contributed by atoms with Gasteiger partial charge in [-0.25, -0.2) is 4.79 Å². The minimum absolute atomic E-state index is 0.0776. The first-order valence-corrected chi connectivity index (χ1v) is 7.23. The smallest absolute Gasteiger partial charge is 0.329 e. The summed E-state index contributed by atoms with van der Waals surface area (Å²) in [5, 5.41) is 12.9. The van der Waals surface area contributed by atoms with E-state index in [1.807, 2.05) is 0 Å². The molecule has 7 nitrogen and oxygen atoms in total. The molecular formula is C13H16N2O5S. The molecule has 1 aromatic heterocycles. The van der Waals surface area contributed by atoms with Gasteiger partial charge < -0.3 is 20.1 Å².